The van der Waals surface area contributed by atoms with Gasteiger partial charge in [-0.15, -0.1) is 0 Å². The average Bonchev–Trinajstić information content (AvgIpc) is 2.03. The second kappa shape index (κ2) is 8.89. The summed E-state index contributed by atoms with van der Waals surface area (Å²) in [6.07, 6.45) is 6.54. The van der Waals surface area contributed by atoms with E-state index in [1.807, 2.05) is 10.8 Å². The summed E-state index contributed by atoms with van der Waals surface area (Å²) in [4.78, 5) is 1.94. The molecule has 0 aromatic carbocycles. The third kappa shape index (κ3) is 5.44. The van der Waals surface area contributed by atoms with Gasteiger partial charge in [-0.3, -0.25) is 0 Å². The summed E-state index contributed by atoms with van der Waals surface area (Å²) in [7, 11) is 0. The van der Waals surface area contributed by atoms with Gasteiger partial charge in [0.25, 0.3) is 0 Å². The molecule has 0 unspecified atom stereocenters. The fraction of sp³-hybridized carbons (Fsp3) is 0.500. The van der Waals surface area contributed by atoms with Crippen molar-refractivity contribution in [3.8, 4) is 17.9 Å². The predicted molar refractivity (Wildman–Crippen MR) is 37.3 cm³/mol. The fourth-order valence-electron chi connectivity index (χ4n) is 0.782. The third-order valence-corrected chi connectivity index (χ3v) is 1.29. The maximum absolute atomic E-state index is 6.54. The van der Waals surface area contributed by atoms with Crippen molar-refractivity contribution < 1.29 is 36.6 Å². The van der Waals surface area contributed by atoms with E-state index >= 15 is 0 Å². The summed E-state index contributed by atoms with van der Waals surface area (Å²) in [5.74, 6) is 4.48. The molecule has 0 bridgehead atoms. The summed E-state index contributed by atoms with van der Waals surface area (Å²) < 4.78 is 5.10. The van der Waals surface area contributed by atoms with E-state index in [0.717, 1.165) is 26.3 Å². The Hall–Kier alpha value is -0.207. The van der Waals surface area contributed by atoms with Crippen LogP contribution in [0.5, 0.6) is 0 Å². The molecule has 1 fully saturated rings. The molecule has 4 heteroatoms. The number of morpholine rings is 1. The van der Waals surface area contributed by atoms with Gasteiger partial charge in [-0.2, -0.15) is 0 Å². The summed E-state index contributed by atoms with van der Waals surface area (Å²) in [6.45, 7) is 3.17. The monoisotopic (exact) mass is 233 g/mol. The zero-order chi connectivity index (χ0) is 7.23. The molecular formula is C8H8ClNOZn-. The van der Waals surface area contributed by atoms with E-state index < -0.39 is 0 Å². The molecule has 1 heterocycles. The molecular weight excluding hydrogens is 227 g/mol. The Kier molecular flexibility index (Phi) is 10.6. The van der Waals surface area contributed by atoms with Crippen molar-refractivity contribution in [2.75, 3.05) is 26.3 Å². The van der Waals surface area contributed by atoms with E-state index in [0.29, 0.717) is 0 Å². The van der Waals surface area contributed by atoms with E-state index in [2.05, 4.69) is 12.0 Å². The van der Waals surface area contributed by atoms with Crippen LogP contribution >= 0.6 is 0 Å². The largest absolute Gasteiger partial charge is 1.00 e. The standard InChI is InChI=1S/C8H8NO.ClH.Zn/c1-2-3-4-9-5-7-10-8-6-9;;/h5-8H2;1H;/p-1. The smallest absolute Gasteiger partial charge is 0.0649 e. The minimum atomic E-state index is 0. The molecule has 0 spiro atoms. The molecule has 1 saturated heterocycles. The van der Waals surface area contributed by atoms with Crippen LogP contribution in [0.15, 0.2) is 0 Å². The first-order chi connectivity index (χ1) is 4.93. The second-order valence-electron chi connectivity index (χ2n) is 1.96. The number of rotatable bonds is 0. The molecule has 1 radical (unpaired) electrons. The molecule has 0 saturated carbocycles. The first kappa shape index (κ1) is 14.3. The zero-order valence-electron chi connectivity index (χ0n) is 6.77. The van der Waals surface area contributed by atoms with E-state index in [1.165, 1.54) is 0 Å². The topological polar surface area (TPSA) is 12.5 Å². The molecule has 0 aliphatic carbocycles. The number of hydrogen-bond donors (Lipinski definition) is 0. The van der Waals surface area contributed by atoms with Gasteiger partial charge in [0, 0.05) is 56.9 Å². The van der Waals surface area contributed by atoms with Crippen molar-refractivity contribution in [1.82, 2.24) is 4.90 Å². The van der Waals surface area contributed by atoms with Crippen LogP contribution in [0, 0.1) is 24.3 Å². The Balaban J connectivity index is 0. The van der Waals surface area contributed by atoms with Gasteiger partial charge in [0.1, 0.15) is 0 Å². The summed E-state index contributed by atoms with van der Waals surface area (Å²) in [5, 5.41) is 0. The van der Waals surface area contributed by atoms with Gasteiger partial charge < -0.3 is 22.0 Å². The minimum absolute atomic E-state index is 0. The van der Waals surface area contributed by atoms with Crippen LogP contribution in [0.2, 0.25) is 0 Å². The number of nitrogens with zero attached hydrogens (tertiary/aromatic N) is 1. The SMILES string of the molecule is [C]#CC#CN1CCOCC1.[Cl-].[Zn]. The number of halogens is 1. The van der Waals surface area contributed by atoms with Crippen LogP contribution in [-0.4, -0.2) is 31.2 Å². The maximum Gasteiger partial charge on any atom is 0.0649 e. The maximum atomic E-state index is 6.54. The molecule has 1 rings (SSSR count). The van der Waals surface area contributed by atoms with Crippen molar-refractivity contribution in [2.24, 2.45) is 0 Å². The van der Waals surface area contributed by atoms with Gasteiger partial charge in [-0.05, 0) is 0 Å². The molecule has 61 valence electrons. The predicted octanol–water partition coefficient (Wildman–Crippen LogP) is -3.13. The van der Waals surface area contributed by atoms with Crippen molar-refractivity contribution in [3.05, 3.63) is 6.42 Å². The van der Waals surface area contributed by atoms with Crippen LogP contribution in [-0.2, 0) is 24.2 Å². The molecule has 0 atom stereocenters. The van der Waals surface area contributed by atoms with E-state index in [9.17, 15) is 0 Å². The first-order valence-electron chi connectivity index (χ1n) is 3.18. The summed E-state index contributed by atoms with van der Waals surface area (Å²) in [5.41, 5.74) is 0. The van der Waals surface area contributed by atoms with Crippen LogP contribution in [0.3, 0.4) is 0 Å². The average molecular weight is 235 g/mol. The van der Waals surface area contributed by atoms with Crippen molar-refractivity contribution in [1.29, 1.82) is 0 Å². The summed E-state index contributed by atoms with van der Waals surface area (Å²) >= 11 is 0. The molecule has 0 N–H and O–H groups in total. The van der Waals surface area contributed by atoms with Crippen molar-refractivity contribution in [2.45, 2.75) is 0 Å². The number of ether oxygens (including phenoxy) is 1. The Labute approximate surface area is 92.2 Å². The molecule has 1 aliphatic heterocycles. The van der Waals surface area contributed by atoms with Gasteiger partial charge in [-0.25, -0.2) is 0 Å². The van der Waals surface area contributed by atoms with E-state index in [1.54, 1.807) is 0 Å². The van der Waals surface area contributed by atoms with Gasteiger partial charge in [-0.1, -0.05) is 0 Å². The second-order valence-corrected chi connectivity index (χ2v) is 1.96. The Bertz CT molecular complexity index is 197. The van der Waals surface area contributed by atoms with Gasteiger partial charge in [0.05, 0.1) is 13.2 Å². The van der Waals surface area contributed by atoms with E-state index in [4.69, 9.17) is 11.2 Å². The molecule has 1 aliphatic rings. The van der Waals surface area contributed by atoms with Crippen LogP contribution in [0.25, 0.3) is 0 Å². The van der Waals surface area contributed by atoms with Gasteiger partial charge in [0.2, 0.25) is 0 Å². The number of hydrogen-bond acceptors (Lipinski definition) is 2. The Morgan fingerprint density at radius 3 is 2.33 bits per heavy atom. The first-order valence-corrected chi connectivity index (χ1v) is 3.18. The minimum Gasteiger partial charge on any atom is -1.00 e. The Morgan fingerprint density at radius 1 is 1.25 bits per heavy atom. The van der Waals surface area contributed by atoms with Gasteiger partial charge >= 0.3 is 0 Å². The van der Waals surface area contributed by atoms with Crippen LogP contribution in [0.4, 0.5) is 0 Å². The molecule has 0 aromatic rings. The normalized spacial score (nSPS) is 14.1. The van der Waals surface area contributed by atoms with E-state index in [-0.39, 0.29) is 31.9 Å². The zero-order valence-corrected chi connectivity index (χ0v) is 10.5. The molecule has 12 heavy (non-hydrogen) atoms. The molecule has 0 amide bonds. The van der Waals surface area contributed by atoms with Gasteiger partial charge in [0.15, 0.2) is 0 Å². The van der Waals surface area contributed by atoms with Crippen molar-refractivity contribution >= 4 is 0 Å². The van der Waals surface area contributed by atoms with Crippen molar-refractivity contribution in [3.63, 3.8) is 0 Å². The van der Waals surface area contributed by atoms with Crippen LogP contribution in [0.1, 0.15) is 0 Å². The summed E-state index contributed by atoms with van der Waals surface area (Å²) in [6, 6.07) is 2.78. The Morgan fingerprint density at radius 2 is 1.83 bits per heavy atom. The van der Waals surface area contributed by atoms with Crippen LogP contribution < -0.4 is 12.4 Å². The fourth-order valence-corrected chi connectivity index (χ4v) is 0.782. The third-order valence-electron chi connectivity index (χ3n) is 1.29. The molecule has 0 aromatic heterocycles. The molecule has 2 nitrogen and oxygen atoms in total. The quantitative estimate of drug-likeness (QED) is 0.325.